The number of piperazine rings is 1. The third-order valence-corrected chi connectivity index (χ3v) is 1.84. The number of nitrogens with two attached hydrogens (primary N) is 1. The highest BCUT2D eigenvalue weighted by molar-refractivity contribution is 5.81. The predicted molar refractivity (Wildman–Crippen MR) is 38.4 cm³/mol. The Hall–Kier alpha value is -0.820. The molecular formula is C6H10F3N3O. The molecule has 0 aliphatic carbocycles. The van der Waals surface area contributed by atoms with Crippen molar-refractivity contribution in [3.63, 3.8) is 0 Å². The van der Waals surface area contributed by atoms with Gasteiger partial charge in [0.05, 0.1) is 0 Å². The standard InChI is InChI=1S/C6H10F3N3O/c7-6(8,9)5(13)11-1-3-12(10)4-2-11/h1-4,10H2. The lowest BCUT2D eigenvalue weighted by molar-refractivity contribution is -0.187. The van der Waals surface area contributed by atoms with Crippen LogP contribution in [0.2, 0.25) is 0 Å². The summed E-state index contributed by atoms with van der Waals surface area (Å²) in [4.78, 5) is 11.4. The van der Waals surface area contributed by atoms with E-state index in [4.69, 9.17) is 5.84 Å². The summed E-state index contributed by atoms with van der Waals surface area (Å²) in [5.41, 5.74) is 0. The van der Waals surface area contributed by atoms with Gasteiger partial charge in [-0.3, -0.25) is 10.6 Å². The molecule has 1 rings (SSSR count). The average Bonchev–Trinajstić information content (AvgIpc) is 2.03. The largest absolute Gasteiger partial charge is 0.471 e. The Kier molecular flexibility index (Phi) is 2.77. The molecule has 13 heavy (non-hydrogen) atoms. The van der Waals surface area contributed by atoms with E-state index in [1.54, 1.807) is 0 Å². The molecule has 0 aromatic rings. The van der Waals surface area contributed by atoms with Gasteiger partial charge in [0.15, 0.2) is 0 Å². The maximum absolute atomic E-state index is 11.9. The zero-order valence-corrected chi connectivity index (χ0v) is 6.84. The predicted octanol–water partition coefficient (Wildman–Crippen LogP) is -0.433. The fourth-order valence-electron chi connectivity index (χ4n) is 1.10. The average molecular weight is 197 g/mol. The molecule has 0 bridgehead atoms. The van der Waals surface area contributed by atoms with Gasteiger partial charge < -0.3 is 4.90 Å². The van der Waals surface area contributed by atoms with Crippen molar-refractivity contribution in [3.05, 3.63) is 0 Å². The first-order valence-electron chi connectivity index (χ1n) is 3.77. The molecule has 1 amide bonds. The van der Waals surface area contributed by atoms with Gasteiger partial charge in [-0.1, -0.05) is 0 Å². The molecular weight excluding hydrogens is 187 g/mol. The van der Waals surface area contributed by atoms with Crippen molar-refractivity contribution in [2.45, 2.75) is 6.18 Å². The van der Waals surface area contributed by atoms with Crippen LogP contribution in [0.3, 0.4) is 0 Å². The number of hydrazine groups is 1. The van der Waals surface area contributed by atoms with E-state index >= 15 is 0 Å². The van der Waals surface area contributed by atoms with E-state index in [1.807, 2.05) is 0 Å². The topological polar surface area (TPSA) is 49.6 Å². The molecule has 4 nitrogen and oxygen atoms in total. The van der Waals surface area contributed by atoms with Gasteiger partial charge in [0.1, 0.15) is 0 Å². The SMILES string of the molecule is NN1CCN(C(=O)C(F)(F)F)CC1. The highest BCUT2D eigenvalue weighted by Gasteiger charge is 2.42. The first kappa shape index (κ1) is 10.3. The normalized spacial score (nSPS) is 20.5. The quantitative estimate of drug-likeness (QED) is 0.536. The summed E-state index contributed by atoms with van der Waals surface area (Å²) in [5, 5.41) is 1.39. The minimum Gasteiger partial charge on any atom is -0.332 e. The molecule has 7 heteroatoms. The Labute approximate surface area is 73.0 Å². The van der Waals surface area contributed by atoms with E-state index in [0.717, 1.165) is 4.90 Å². The number of carbonyl (C=O) groups is 1. The van der Waals surface area contributed by atoms with Crippen LogP contribution in [0.1, 0.15) is 0 Å². The lowest BCUT2D eigenvalue weighted by Gasteiger charge is -2.32. The van der Waals surface area contributed by atoms with Gasteiger partial charge in [-0.25, -0.2) is 5.01 Å². The van der Waals surface area contributed by atoms with Gasteiger partial charge in [-0.05, 0) is 0 Å². The van der Waals surface area contributed by atoms with E-state index in [0.29, 0.717) is 0 Å². The van der Waals surface area contributed by atoms with Crippen LogP contribution < -0.4 is 5.84 Å². The second kappa shape index (κ2) is 3.51. The van der Waals surface area contributed by atoms with Crippen LogP contribution in [0.15, 0.2) is 0 Å². The van der Waals surface area contributed by atoms with Crippen LogP contribution in [-0.2, 0) is 4.79 Å². The molecule has 1 aliphatic heterocycles. The fraction of sp³-hybridized carbons (Fsp3) is 0.833. The van der Waals surface area contributed by atoms with Crippen molar-refractivity contribution in [1.29, 1.82) is 0 Å². The smallest absolute Gasteiger partial charge is 0.332 e. The fourth-order valence-corrected chi connectivity index (χ4v) is 1.10. The van der Waals surface area contributed by atoms with Crippen molar-refractivity contribution in [1.82, 2.24) is 9.91 Å². The molecule has 0 spiro atoms. The lowest BCUT2D eigenvalue weighted by Crippen LogP contribution is -2.54. The summed E-state index contributed by atoms with van der Waals surface area (Å²) in [7, 11) is 0. The third-order valence-electron chi connectivity index (χ3n) is 1.84. The van der Waals surface area contributed by atoms with E-state index < -0.39 is 12.1 Å². The molecule has 1 saturated heterocycles. The summed E-state index contributed by atoms with van der Waals surface area (Å²) in [6.07, 6.45) is -4.77. The second-order valence-electron chi connectivity index (χ2n) is 2.83. The molecule has 0 aromatic heterocycles. The molecule has 2 N–H and O–H groups in total. The van der Waals surface area contributed by atoms with Gasteiger partial charge in [-0.2, -0.15) is 13.2 Å². The van der Waals surface area contributed by atoms with Gasteiger partial charge >= 0.3 is 12.1 Å². The van der Waals surface area contributed by atoms with Crippen molar-refractivity contribution in [2.75, 3.05) is 26.2 Å². The zero-order valence-electron chi connectivity index (χ0n) is 6.84. The Morgan fingerprint density at radius 1 is 1.15 bits per heavy atom. The Morgan fingerprint density at radius 2 is 1.62 bits per heavy atom. The lowest BCUT2D eigenvalue weighted by atomic mass is 10.3. The zero-order chi connectivity index (χ0) is 10.1. The second-order valence-corrected chi connectivity index (χ2v) is 2.83. The molecule has 0 saturated carbocycles. The van der Waals surface area contributed by atoms with Crippen molar-refractivity contribution in [2.24, 2.45) is 5.84 Å². The summed E-state index contributed by atoms with van der Waals surface area (Å²) < 4.78 is 35.7. The highest BCUT2D eigenvalue weighted by atomic mass is 19.4. The molecule has 1 aliphatic rings. The van der Waals surface area contributed by atoms with Gasteiger partial charge in [-0.15, -0.1) is 0 Å². The third kappa shape index (κ3) is 2.56. The van der Waals surface area contributed by atoms with Crippen LogP contribution in [0, 0.1) is 0 Å². The Bertz CT molecular complexity index is 198. The summed E-state index contributed by atoms with van der Waals surface area (Å²) in [6, 6.07) is 0. The van der Waals surface area contributed by atoms with Gasteiger partial charge in [0.25, 0.3) is 0 Å². The number of hydrogen-bond donors (Lipinski definition) is 1. The summed E-state index contributed by atoms with van der Waals surface area (Å²) in [5.74, 6) is 3.54. The Balaban J connectivity index is 2.50. The minimum atomic E-state index is -4.77. The van der Waals surface area contributed by atoms with Gasteiger partial charge in [0.2, 0.25) is 0 Å². The molecule has 0 unspecified atom stereocenters. The summed E-state index contributed by atoms with van der Waals surface area (Å²) in [6.45, 7) is 0.632. The van der Waals surface area contributed by atoms with Crippen LogP contribution >= 0.6 is 0 Å². The van der Waals surface area contributed by atoms with Crippen molar-refractivity contribution >= 4 is 5.91 Å². The number of alkyl halides is 3. The molecule has 0 radical (unpaired) electrons. The number of amides is 1. The highest BCUT2D eigenvalue weighted by Crippen LogP contribution is 2.18. The Morgan fingerprint density at radius 3 is 2.00 bits per heavy atom. The number of rotatable bonds is 0. The van der Waals surface area contributed by atoms with Crippen LogP contribution in [0.25, 0.3) is 0 Å². The number of carbonyl (C=O) groups excluding carboxylic acids is 1. The molecule has 0 atom stereocenters. The van der Waals surface area contributed by atoms with E-state index in [-0.39, 0.29) is 26.2 Å². The minimum absolute atomic E-state index is 0.0366. The van der Waals surface area contributed by atoms with Crippen molar-refractivity contribution < 1.29 is 18.0 Å². The number of nitrogens with zero attached hydrogens (tertiary/aromatic N) is 2. The molecule has 1 fully saturated rings. The van der Waals surface area contributed by atoms with E-state index in [2.05, 4.69) is 0 Å². The maximum Gasteiger partial charge on any atom is 0.471 e. The maximum atomic E-state index is 11.9. The monoisotopic (exact) mass is 197 g/mol. The van der Waals surface area contributed by atoms with Crippen molar-refractivity contribution in [3.8, 4) is 0 Å². The number of halogens is 3. The van der Waals surface area contributed by atoms with E-state index in [1.165, 1.54) is 5.01 Å². The summed E-state index contributed by atoms with van der Waals surface area (Å²) >= 11 is 0. The molecule has 1 heterocycles. The molecule has 0 aromatic carbocycles. The van der Waals surface area contributed by atoms with Crippen LogP contribution in [0.5, 0.6) is 0 Å². The van der Waals surface area contributed by atoms with E-state index in [9.17, 15) is 18.0 Å². The van der Waals surface area contributed by atoms with Gasteiger partial charge in [0, 0.05) is 26.2 Å². The van der Waals surface area contributed by atoms with Crippen LogP contribution in [-0.4, -0.2) is 48.2 Å². The first-order valence-corrected chi connectivity index (χ1v) is 3.77. The molecule has 76 valence electrons. The first-order chi connectivity index (χ1) is 5.91. The number of hydrogen-bond acceptors (Lipinski definition) is 3. The van der Waals surface area contributed by atoms with Crippen LogP contribution in [0.4, 0.5) is 13.2 Å².